The maximum Gasteiger partial charge on any atom is 0.190 e. The van der Waals surface area contributed by atoms with Crippen LogP contribution in [0.5, 0.6) is 0 Å². The maximum atomic E-state index is 12.8. The van der Waals surface area contributed by atoms with Crippen molar-refractivity contribution in [2.45, 2.75) is 58.2 Å². The molecule has 7 nitrogen and oxygen atoms in total. The monoisotopic (exact) mass is 505 g/mol. The first-order valence-electron chi connectivity index (χ1n) is 13.4. The molecule has 3 fully saturated rings. The summed E-state index contributed by atoms with van der Waals surface area (Å²) in [5.74, 6) is 0.187. The van der Waals surface area contributed by atoms with Gasteiger partial charge in [0.05, 0.1) is 0 Å². The number of carbonyl (C=O) groups is 1. The standard InChI is InChI=1S/C30H39N3O4/c1-28-14-12-22(32-37-19-20-8-6-5-7-9-20)16-21(28)10-11-23-24-13-15-30(36,26(35)18-34)29(24,2)17-25(27(23)28)31-33(3)4/h5-9,12,14,16,23-24,27,34,36H,10-11,13,15,17-19H2,1-4H3/b31-25+,32-22+/t23-,24-,27+,28-,29-,30-/m0/s1. The Morgan fingerprint density at radius 1 is 1.19 bits per heavy atom. The number of aliphatic hydroxyl groups excluding tert-OH is 1. The second-order valence-electron chi connectivity index (χ2n) is 11.9. The molecule has 4 aliphatic carbocycles. The van der Waals surface area contributed by atoms with Crippen LogP contribution in [0.15, 0.2) is 64.4 Å². The number of carbonyl (C=O) groups excluding carboxylic acids is 1. The molecule has 0 saturated heterocycles. The Bertz CT molecular complexity index is 1170. The number of oxime groups is 1. The van der Waals surface area contributed by atoms with E-state index in [4.69, 9.17) is 9.94 Å². The summed E-state index contributed by atoms with van der Waals surface area (Å²) >= 11 is 0. The van der Waals surface area contributed by atoms with Crippen molar-refractivity contribution in [2.75, 3.05) is 20.7 Å². The van der Waals surface area contributed by atoms with Crippen LogP contribution in [0.25, 0.3) is 0 Å². The highest BCUT2D eigenvalue weighted by atomic mass is 16.6. The van der Waals surface area contributed by atoms with Crippen LogP contribution in [0.2, 0.25) is 0 Å². The SMILES string of the molecule is CN(C)/N=C1\C[C@@]2(C)[C@@H](CC[C@]2(O)C(=O)CO)[C@@H]2CCC3=C/C(=N/OCc4ccccc4)C=C[C@]3(C)[C@@H]12. The average molecular weight is 506 g/mol. The van der Waals surface area contributed by atoms with Gasteiger partial charge < -0.3 is 20.1 Å². The number of nitrogens with zero attached hydrogens (tertiary/aromatic N) is 3. The fourth-order valence-electron chi connectivity index (χ4n) is 7.83. The molecule has 0 bridgehead atoms. The largest absolute Gasteiger partial charge is 0.390 e. The van der Waals surface area contributed by atoms with Gasteiger partial charge in [-0.1, -0.05) is 61.0 Å². The molecular weight excluding hydrogens is 466 g/mol. The number of Topliss-reactive ketones (excluding diaryl/α,β-unsaturated/α-hetero) is 1. The van der Waals surface area contributed by atoms with E-state index in [-0.39, 0.29) is 23.2 Å². The Morgan fingerprint density at radius 3 is 2.65 bits per heavy atom. The van der Waals surface area contributed by atoms with Crippen molar-refractivity contribution >= 4 is 17.2 Å². The molecule has 1 aromatic carbocycles. The highest BCUT2D eigenvalue weighted by molar-refractivity contribution is 6.06. The maximum absolute atomic E-state index is 12.8. The number of allylic oxidation sites excluding steroid dienone is 4. The minimum atomic E-state index is -1.51. The molecule has 4 aliphatic rings. The van der Waals surface area contributed by atoms with Crippen molar-refractivity contribution in [1.29, 1.82) is 0 Å². The fourth-order valence-corrected chi connectivity index (χ4v) is 7.83. The molecule has 0 heterocycles. The van der Waals surface area contributed by atoms with Crippen LogP contribution >= 0.6 is 0 Å². The van der Waals surface area contributed by atoms with Gasteiger partial charge in [-0.2, -0.15) is 5.10 Å². The van der Waals surface area contributed by atoms with Crippen molar-refractivity contribution in [3.63, 3.8) is 0 Å². The Kier molecular flexibility index (Phi) is 6.65. The summed E-state index contributed by atoms with van der Waals surface area (Å²) in [5.41, 5.74) is 1.87. The molecule has 37 heavy (non-hydrogen) atoms. The van der Waals surface area contributed by atoms with Crippen LogP contribution in [0.1, 0.15) is 51.5 Å². The molecule has 0 amide bonds. The van der Waals surface area contributed by atoms with Crippen LogP contribution in [0, 0.1) is 28.6 Å². The number of aliphatic hydroxyl groups is 2. The summed E-state index contributed by atoms with van der Waals surface area (Å²) in [5, 5.41) is 32.5. The number of rotatable bonds is 6. The van der Waals surface area contributed by atoms with Gasteiger partial charge >= 0.3 is 0 Å². The Morgan fingerprint density at radius 2 is 1.95 bits per heavy atom. The molecule has 0 radical (unpaired) electrons. The minimum Gasteiger partial charge on any atom is -0.390 e. The van der Waals surface area contributed by atoms with Gasteiger partial charge in [0.1, 0.15) is 24.5 Å². The summed E-state index contributed by atoms with van der Waals surface area (Å²) < 4.78 is 0. The quantitative estimate of drug-likeness (QED) is 0.567. The van der Waals surface area contributed by atoms with Crippen LogP contribution in [-0.4, -0.2) is 58.7 Å². The lowest BCUT2D eigenvalue weighted by molar-refractivity contribution is -0.157. The third kappa shape index (κ3) is 4.16. The Balaban J connectivity index is 1.45. The van der Waals surface area contributed by atoms with Crippen molar-refractivity contribution in [2.24, 2.45) is 38.8 Å². The van der Waals surface area contributed by atoms with Crippen molar-refractivity contribution in [3.8, 4) is 0 Å². The third-order valence-electron chi connectivity index (χ3n) is 9.62. The van der Waals surface area contributed by atoms with Gasteiger partial charge in [0.15, 0.2) is 5.78 Å². The van der Waals surface area contributed by atoms with Crippen LogP contribution in [-0.2, 0) is 16.2 Å². The molecular formula is C30H39N3O4. The first kappa shape index (κ1) is 25.9. The van der Waals surface area contributed by atoms with Gasteiger partial charge in [-0.05, 0) is 61.7 Å². The van der Waals surface area contributed by atoms with Gasteiger partial charge in [-0.15, -0.1) is 0 Å². The first-order valence-corrected chi connectivity index (χ1v) is 13.4. The number of hydrogen-bond donors (Lipinski definition) is 2. The lowest BCUT2D eigenvalue weighted by atomic mass is 9.46. The van der Waals surface area contributed by atoms with E-state index in [1.54, 1.807) is 0 Å². The summed E-state index contributed by atoms with van der Waals surface area (Å²) in [6.07, 6.45) is 10.1. The Labute approximate surface area is 219 Å². The number of hydrazone groups is 1. The van der Waals surface area contributed by atoms with E-state index in [9.17, 15) is 15.0 Å². The molecule has 2 N–H and O–H groups in total. The van der Waals surface area contributed by atoms with E-state index < -0.39 is 23.4 Å². The molecule has 6 atom stereocenters. The molecule has 198 valence electrons. The van der Waals surface area contributed by atoms with E-state index in [0.717, 1.165) is 36.2 Å². The molecule has 3 saturated carbocycles. The Hall–Kier alpha value is -2.77. The zero-order valence-corrected chi connectivity index (χ0v) is 22.4. The molecule has 5 rings (SSSR count). The summed E-state index contributed by atoms with van der Waals surface area (Å²) in [7, 11) is 3.84. The molecule has 0 unspecified atom stereocenters. The highest BCUT2D eigenvalue weighted by Crippen LogP contribution is 2.66. The van der Waals surface area contributed by atoms with Crippen LogP contribution < -0.4 is 0 Å². The summed E-state index contributed by atoms with van der Waals surface area (Å²) in [4.78, 5) is 18.5. The zero-order valence-electron chi connectivity index (χ0n) is 22.4. The predicted octanol–water partition coefficient (Wildman–Crippen LogP) is 4.12. The number of fused-ring (bicyclic) bond motifs is 5. The van der Waals surface area contributed by atoms with Gasteiger partial charge in [-0.3, -0.25) is 4.79 Å². The molecule has 0 spiro atoms. The zero-order chi connectivity index (χ0) is 26.4. The van der Waals surface area contributed by atoms with E-state index in [1.165, 1.54) is 5.57 Å². The molecule has 0 aliphatic heterocycles. The highest BCUT2D eigenvalue weighted by Gasteiger charge is 2.67. The minimum absolute atomic E-state index is 0.169. The first-order chi connectivity index (χ1) is 17.6. The van der Waals surface area contributed by atoms with Crippen molar-refractivity contribution < 1.29 is 19.8 Å². The van der Waals surface area contributed by atoms with Crippen LogP contribution in [0.3, 0.4) is 0 Å². The summed E-state index contributed by atoms with van der Waals surface area (Å²) in [6, 6.07) is 10.0. The molecule has 1 aromatic rings. The normalized spacial score (nSPS) is 38.5. The summed E-state index contributed by atoms with van der Waals surface area (Å²) in [6.45, 7) is 4.13. The smallest absolute Gasteiger partial charge is 0.190 e. The van der Waals surface area contributed by atoms with Gasteiger partial charge in [0.2, 0.25) is 0 Å². The second-order valence-corrected chi connectivity index (χ2v) is 11.9. The van der Waals surface area contributed by atoms with E-state index in [1.807, 2.05) is 56.4 Å². The average Bonchev–Trinajstić information content (AvgIpc) is 3.14. The van der Waals surface area contributed by atoms with Crippen LogP contribution in [0.4, 0.5) is 0 Å². The number of hydrogen-bond acceptors (Lipinski definition) is 7. The van der Waals surface area contributed by atoms with E-state index in [0.29, 0.717) is 19.4 Å². The van der Waals surface area contributed by atoms with Crippen molar-refractivity contribution in [3.05, 3.63) is 59.7 Å². The van der Waals surface area contributed by atoms with Gasteiger partial charge in [0, 0.05) is 36.6 Å². The van der Waals surface area contributed by atoms with Gasteiger partial charge in [0.25, 0.3) is 0 Å². The topological polar surface area (TPSA) is 94.7 Å². The third-order valence-corrected chi connectivity index (χ3v) is 9.62. The second kappa shape index (κ2) is 9.52. The van der Waals surface area contributed by atoms with Gasteiger partial charge in [-0.25, -0.2) is 0 Å². The number of benzene rings is 1. The number of ketones is 1. The van der Waals surface area contributed by atoms with E-state index in [2.05, 4.69) is 30.3 Å². The van der Waals surface area contributed by atoms with E-state index >= 15 is 0 Å². The molecule has 0 aromatic heterocycles. The lowest BCUT2D eigenvalue weighted by Gasteiger charge is -2.58. The lowest BCUT2D eigenvalue weighted by Crippen LogP contribution is -2.60. The predicted molar refractivity (Wildman–Crippen MR) is 144 cm³/mol. The van der Waals surface area contributed by atoms with Crippen molar-refractivity contribution in [1.82, 2.24) is 5.01 Å². The fraction of sp³-hybridized carbons (Fsp3) is 0.567. The molecule has 7 heteroatoms.